The molecule has 1 heterocycles. The second kappa shape index (κ2) is 12.6. The number of aliphatic hydroxyl groups is 1. The number of ether oxygens (including phenoxy) is 1. The minimum Gasteiger partial charge on any atom is -0.491 e. The first-order valence-corrected chi connectivity index (χ1v) is 13.3. The standard InChI is InChI=1S/C28H28ClIN4O3/c1-17(18-5-3-2-4-6-18)26(27-32-16-24(33-27)22-12-9-20(30)15-23(22)29)34-28(36)25(31)19-7-10-21(11-8-19)37-14-13-35/h2-12,15-17,25-26,35H,13-14,31H2,1H3,(H,32,33)(H,34,36)/t17-,25+,26-/m0/s1. The molecular weight excluding hydrogens is 603 g/mol. The Kier molecular flexibility index (Phi) is 9.20. The summed E-state index contributed by atoms with van der Waals surface area (Å²) < 4.78 is 6.43. The van der Waals surface area contributed by atoms with Gasteiger partial charge in [-0.1, -0.05) is 67.1 Å². The van der Waals surface area contributed by atoms with E-state index in [4.69, 9.17) is 27.2 Å². The van der Waals surface area contributed by atoms with Crippen LogP contribution in [-0.2, 0) is 4.79 Å². The van der Waals surface area contributed by atoms with Crippen molar-refractivity contribution in [2.75, 3.05) is 13.2 Å². The van der Waals surface area contributed by atoms with Gasteiger partial charge in [-0.25, -0.2) is 4.98 Å². The van der Waals surface area contributed by atoms with Crippen molar-refractivity contribution in [2.45, 2.75) is 24.9 Å². The van der Waals surface area contributed by atoms with Crippen LogP contribution in [-0.4, -0.2) is 34.2 Å². The van der Waals surface area contributed by atoms with E-state index < -0.39 is 12.1 Å². The molecule has 0 radical (unpaired) electrons. The molecule has 1 aromatic heterocycles. The number of aliphatic hydroxyl groups excluding tert-OH is 1. The lowest BCUT2D eigenvalue weighted by Crippen LogP contribution is -2.39. The first-order chi connectivity index (χ1) is 17.9. The van der Waals surface area contributed by atoms with Gasteiger partial charge in [-0.05, 0) is 58.0 Å². The molecule has 0 unspecified atom stereocenters. The number of aromatic amines is 1. The van der Waals surface area contributed by atoms with Gasteiger partial charge in [-0.2, -0.15) is 0 Å². The van der Waals surface area contributed by atoms with E-state index in [1.807, 2.05) is 55.5 Å². The molecule has 3 aromatic carbocycles. The monoisotopic (exact) mass is 630 g/mol. The number of hydrogen-bond donors (Lipinski definition) is 4. The van der Waals surface area contributed by atoms with Crippen molar-refractivity contribution >= 4 is 40.1 Å². The molecule has 0 fully saturated rings. The Balaban J connectivity index is 1.59. The van der Waals surface area contributed by atoms with Crippen molar-refractivity contribution in [1.29, 1.82) is 0 Å². The summed E-state index contributed by atoms with van der Waals surface area (Å²) in [6, 6.07) is 21.3. The van der Waals surface area contributed by atoms with E-state index in [1.165, 1.54) is 0 Å². The first kappa shape index (κ1) is 27.1. The minimum absolute atomic E-state index is 0.0745. The second-order valence-corrected chi connectivity index (χ2v) is 10.3. The number of hydrogen-bond acceptors (Lipinski definition) is 5. The van der Waals surface area contributed by atoms with Crippen LogP contribution in [0.15, 0.2) is 79.0 Å². The zero-order valence-electron chi connectivity index (χ0n) is 20.2. The lowest BCUT2D eigenvalue weighted by molar-refractivity contribution is -0.123. The number of nitrogens with zero attached hydrogens (tertiary/aromatic N) is 1. The molecule has 9 heteroatoms. The maximum Gasteiger partial charge on any atom is 0.242 e. The van der Waals surface area contributed by atoms with Crippen molar-refractivity contribution in [3.8, 4) is 17.0 Å². The number of benzene rings is 3. The van der Waals surface area contributed by atoms with Gasteiger partial charge in [0.1, 0.15) is 24.2 Å². The van der Waals surface area contributed by atoms with Crippen LogP contribution < -0.4 is 15.8 Å². The summed E-state index contributed by atoms with van der Waals surface area (Å²) >= 11 is 8.70. The summed E-state index contributed by atoms with van der Waals surface area (Å²) in [5.41, 5.74) is 9.63. The lowest BCUT2D eigenvalue weighted by atomic mass is 9.92. The van der Waals surface area contributed by atoms with Gasteiger partial charge in [0.05, 0.1) is 29.6 Å². The number of nitrogens with two attached hydrogens (primary N) is 1. The van der Waals surface area contributed by atoms with Crippen LogP contribution in [0.1, 0.15) is 41.9 Å². The van der Waals surface area contributed by atoms with Gasteiger partial charge < -0.3 is 25.9 Å². The van der Waals surface area contributed by atoms with E-state index >= 15 is 0 Å². The Morgan fingerprint density at radius 1 is 1.14 bits per heavy atom. The Labute approximate surface area is 234 Å². The predicted molar refractivity (Wildman–Crippen MR) is 153 cm³/mol. The van der Waals surface area contributed by atoms with Crippen molar-refractivity contribution in [3.05, 3.63) is 105 Å². The molecule has 0 aliphatic rings. The second-order valence-electron chi connectivity index (χ2n) is 8.61. The predicted octanol–water partition coefficient (Wildman–Crippen LogP) is 5.37. The maximum atomic E-state index is 13.3. The normalized spacial score (nSPS) is 13.5. The van der Waals surface area contributed by atoms with Gasteiger partial charge in [0.25, 0.3) is 0 Å². The van der Waals surface area contributed by atoms with Crippen molar-refractivity contribution in [1.82, 2.24) is 15.3 Å². The molecule has 0 spiro atoms. The summed E-state index contributed by atoms with van der Waals surface area (Å²) in [4.78, 5) is 21.3. The van der Waals surface area contributed by atoms with Crippen LogP contribution in [0.3, 0.4) is 0 Å². The Morgan fingerprint density at radius 2 is 1.86 bits per heavy atom. The average Bonchev–Trinajstić information content (AvgIpc) is 3.40. The fourth-order valence-corrected chi connectivity index (χ4v) is 5.01. The van der Waals surface area contributed by atoms with E-state index in [9.17, 15) is 4.79 Å². The zero-order chi connectivity index (χ0) is 26.4. The SMILES string of the molecule is C[C@@H](c1ccccc1)[C@H](NC(=O)[C@H](N)c1ccc(OCCO)cc1)c1ncc(-c2ccc(I)cc2Cl)[nH]1. The van der Waals surface area contributed by atoms with Crippen LogP contribution in [0, 0.1) is 3.57 Å². The molecule has 0 bridgehead atoms. The van der Waals surface area contributed by atoms with Crippen LogP contribution in [0.4, 0.5) is 0 Å². The summed E-state index contributed by atoms with van der Waals surface area (Å²) in [6.45, 7) is 2.16. The highest BCUT2D eigenvalue weighted by molar-refractivity contribution is 14.1. The molecule has 5 N–H and O–H groups in total. The van der Waals surface area contributed by atoms with Gasteiger partial charge in [0.15, 0.2) is 0 Å². The van der Waals surface area contributed by atoms with E-state index in [2.05, 4.69) is 37.9 Å². The van der Waals surface area contributed by atoms with Crippen LogP contribution in [0.2, 0.25) is 5.02 Å². The molecule has 37 heavy (non-hydrogen) atoms. The fourth-order valence-electron chi connectivity index (χ4n) is 4.05. The number of halogens is 2. The molecule has 4 aromatic rings. The highest BCUT2D eigenvalue weighted by Crippen LogP contribution is 2.33. The summed E-state index contributed by atoms with van der Waals surface area (Å²) in [6.07, 6.45) is 1.73. The Hall–Kier alpha value is -2.92. The van der Waals surface area contributed by atoms with Gasteiger partial charge in [-0.15, -0.1) is 0 Å². The van der Waals surface area contributed by atoms with E-state index in [1.54, 1.807) is 30.5 Å². The van der Waals surface area contributed by atoms with Crippen molar-refractivity contribution in [2.24, 2.45) is 5.73 Å². The number of aromatic nitrogens is 2. The molecule has 3 atom stereocenters. The molecule has 7 nitrogen and oxygen atoms in total. The number of nitrogens with one attached hydrogen (secondary N) is 2. The maximum absolute atomic E-state index is 13.3. The minimum atomic E-state index is -0.891. The smallest absolute Gasteiger partial charge is 0.242 e. The number of imidazole rings is 1. The Bertz CT molecular complexity index is 1330. The number of carbonyl (C=O) groups is 1. The van der Waals surface area contributed by atoms with Crippen LogP contribution in [0.25, 0.3) is 11.3 Å². The molecule has 1 amide bonds. The lowest BCUT2D eigenvalue weighted by Gasteiger charge is -2.25. The third kappa shape index (κ3) is 6.70. The topological polar surface area (TPSA) is 113 Å². The van der Waals surface area contributed by atoms with Gasteiger partial charge in [-0.3, -0.25) is 4.79 Å². The molecule has 192 valence electrons. The zero-order valence-corrected chi connectivity index (χ0v) is 23.1. The van der Waals surface area contributed by atoms with Gasteiger partial charge in [0, 0.05) is 15.1 Å². The number of amides is 1. The van der Waals surface area contributed by atoms with E-state index in [0.29, 0.717) is 22.2 Å². The first-order valence-electron chi connectivity index (χ1n) is 11.8. The number of carbonyl (C=O) groups excluding carboxylic acids is 1. The largest absolute Gasteiger partial charge is 0.491 e. The van der Waals surface area contributed by atoms with Crippen molar-refractivity contribution < 1.29 is 14.6 Å². The quantitative estimate of drug-likeness (QED) is 0.176. The molecule has 0 saturated heterocycles. The van der Waals surface area contributed by atoms with Crippen molar-refractivity contribution in [3.63, 3.8) is 0 Å². The molecule has 0 aliphatic heterocycles. The average molecular weight is 631 g/mol. The molecule has 4 rings (SSSR count). The summed E-state index contributed by atoms with van der Waals surface area (Å²) in [5, 5.41) is 12.7. The van der Waals surface area contributed by atoms with Crippen LogP contribution in [0.5, 0.6) is 5.75 Å². The van der Waals surface area contributed by atoms with E-state index in [-0.39, 0.29) is 25.0 Å². The number of rotatable bonds is 10. The van der Waals surface area contributed by atoms with Crippen LogP contribution >= 0.6 is 34.2 Å². The van der Waals surface area contributed by atoms with E-state index in [0.717, 1.165) is 20.4 Å². The highest BCUT2D eigenvalue weighted by Gasteiger charge is 2.28. The molecular formula is C28H28ClIN4O3. The molecule has 0 saturated carbocycles. The molecule has 0 aliphatic carbocycles. The number of H-pyrrole nitrogens is 1. The third-order valence-corrected chi connectivity index (χ3v) is 7.10. The van der Waals surface area contributed by atoms with Gasteiger partial charge >= 0.3 is 0 Å². The highest BCUT2D eigenvalue weighted by atomic mass is 127. The third-order valence-electron chi connectivity index (χ3n) is 6.12. The Morgan fingerprint density at radius 3 is 2.54 bits per heavy atom. The fraction of sp³-hybridized carbons (Fsp3) is 0.214. The summed E-state index contributed by atoms with van der Waals surface area (Å²) in [7, 11) is 0. The van der Waals surface area contributed by atoms with Gasteiger partial charge in [0.2, 0.25) is 5.91 Å². The summed E-state index contributed by atoms with van der Waals surface area (Å²) in [5.74, 6) is 0.771.